The van der Waals surface area contributed by atoms with Gasteiger partial charge in [-0.15, -0.1) is 0 Å². The van der Waals surface area contributed by atoms with E-state index in [0.29, 0.717) is 42.9 Å². The second-order valence-corrected chi connectivity index (χ2v) is 7.45. The molecule has 2 aromatic heterocycles. The first kappa shape index (κ1) is 18.6. The molecule has 0 bridgehead atoms. The van der Waals surface area contributed by atoms with Crippen LogP contribution in [0.25, 0.3) is 5.82 Å². The molecule has 4 rings (SSSR count). The van der Waals surface area contributed by atoms with E-state index in [1.54, 1.807) is 18.2 Å². The van der Waals surface area contributed by atoms with E-state index in [0.717, 1.165) is 4.57 Å². The van der Waals surface area contributed by atoms with Crippen molar-refractivity contribution in [3.8, 4) is 11.7 Å². The highest BCUT2D eigenvalue weighted by atomic mass is 19.3. The van der Waals surface area contributed by atoms with Crippen molar-refractivity contribution in [3.63, 3.8) is 0 Å². The Morgan fingerprint density at radius 1 is 1.21 bits per heavy atom. The highest BCUT2D eigenvalue weighted by Crippen LogP contribution is 2.39. The van der Waals surface area contributed by atoms with Crippen LogP contribution < -0.4 is 21.3 Å². The Bertz CT molecular complexity index is 991. The third kappa shape index (κ3) is 3.41. The summed E-state index contributed by atoms with van der Waals surface area (Å²) in [5.41, 5.74) is -0.560. The van der Waals surface area contributed by atoms with Crippen LogP contribution in [0.1, 0.15) is 37.7 Å². The summed E-state index contributed by atoms with van der Waals surface area (Å²) in [4.78, 5) is 32.4. The average molecular weight is 392 g/mol. The maximum Gasteiger partial charge on any atom is 0.335 e. The lowest BCUT2D eigenvalue weighted by Gasteiger charge is -2.37. The number of hydrogen-bond donors (Lipinski definition) is 2. The molecule has 0 amide bonds. The summed E-state index contributed by atoms with van der Waals surface area (Å²) >= 11 is 0. The van der Waals surface area contributed by atoms with Gasteiger partial charge in [0.1, 0.15) is 11.6 Å². The second kappa shape index (κ2) is 7.03. The molecule has 2 aromatic rings. The molecule has 2 N–H and O–H groups in total. The average Bonchev–Trinajstić information content (AvgIpc) is 2.67. The van der Waals surface area contributed by atoms with Gasteiger partial charge in [-0.3, -0.25) is 9.78 Å². The lowest BCUT2D eigenvalue weighted by atomic mass is 9.79. The first-order valence-corrected chi connectivity index (χ1v) is 9.42. The van der Waals surface area contributed by atoms with Gasteiger partial charge in [0.05, 0.1) is 12.7 Å². The van der Waals surface area contributed by atoms with Crippen LogP contribution in [0.15, 0.2) is 27.8 Å². The highest BCUT2D eigenvalue weighted by molar-refractivity contribution is 5.47. The number of alkyl halides is 2. The Labute approximate surface area is 159 Å². The number of nitrogens with zero attached hydrogens (tertiary/aromatic N) is 2. The summed E-state index contributed by atoms with van der Waals surface area (Å²) in [7, 11) is 1.46. The number of aromatic amines is 1. The number of pyridine rings is 1. The number of ether oxygens (including phenoxy) is 1. The van der Waals surface area contributed by atoms with Crippen molar-refractivity contribution in [1.29, 1.82) is 0 Å². The molecule has 1 saturated carbocycles. The van der Waals surface area contributed by atoms with E-state index in [1.807, 2.05) is 0 Å². The molecule has 28 heavy (non-hydrogen) atoms. The number of methoxy groups -OCH3 is 1. The van der Waals surface area contributed by atoms with Gasteiger partial charge in [0.2, 0.25) is 11.8 Å². The van der Waals surface area contributed by atoms with Crippen LogP contribution in [0.4, 0.5) is 14.6 Å². The van der Waals surface area contributed by atoms with E-state index >= 15 is 0 Å². The number of aromatic nitrogens is 3. The number of rotatable bonds is 3. The fourth-order valence-corrected chi connectivity index (χ4v) is 4.15. The van der Waals surface area contributed by atoms with Crippen LogP contribution in [0.2, 0.25) is 0 Å². The first-order valence-electron chi connectivity index (χ1n) is 9.42. The molecule has 1 atom stereocenters. The largest absolute Gasteiger partial charge is 0.481 e. The first-order chi connectivity index (χ1) is 13.4. The highest BCUT2D eigenvalue weighted by Gasteiger charge is 2.38. The molecule has 1 aliphatic carbocycles. The van der Waals surface area contributed by atoms with Crippen molar-refractivity contribution in [2.75, 3.05) is 12.4 Å². The van der Waals surface area contributed by atoms with E-state index < -0.39 is 17.2 Å². The van der Waals surface area contributed by atoms with Gasteiger partial charge in [0, 0.05) is 24.9 Å². The second-order valence-electron chi connectivity index (χ2n) is 7.45. The molecule has 150 valence electrons. The van der Waals surface area contributed by atoms with Gasteiger partial charge in [-0.2, -0.15) is 4.98 Å². The van der Waals surface area contributed by atoms with Crippen LogP contribution in [0.5, 0.6) is 5.88 Å². The Morgan fingerprint density at radius 3 is 2.68 bits per heavy atom. The molecule has 2 aliphatic rings. The minimum Gasteiger partial charge on any atom is -0.481 e. The lowest BCUT2D eigenvalue weighted by molar-refractivity contribution is -0.0478. The van der Waals surface area contributed by atoms with Gasteiger partial charge >= 0.3 is 5.69 Å². The predicted molar refractivity (Wildman–Crippen MR) is 99.6 cm³/mol. The van der Waals surface area contributed by atoms with Gasteiger partial charge in [0.25, 0.3) is 5.56 Å². The summed E-state index contributed by atoms with van der Waals surface area (Å²) in [5.74, 6) is -1.59. The van der Waals surface area contributed by atoms with Gasteiger partial charge in [-0.1, -0.05) is 6.07 Å². The monoisotopic (exact) mass is 392 g/mol. The van der Waals surface area contributed by atoms with Crippen molar-refractivity contribution >= 4 is 5.82 Å². The van der Waals surface area contributed by atoms with Crippen molar-refractivity contribution < 1.29 is 13.5 Å². The predicted octanol–water partition coefficient (Wildman–Crippen LogP) is 2.48. The van der Waals surface area contributed by atoms with E-state index in [9.17, 15) is 18.4 Å². The topological polar surface area (TPSA) is 89.0 Å². The van der Waals surface area contributed by atoms with E-state index in [1.165, 1.54) is 7.11 Å². The zero-order valence-electron chi connectivity index (χ0n) is 15.5. The Kier molecular flexibility index (Phi) is 4.68. The van der Waals surface area contributed by atoms with Gasteiger partial charge in [-0.25, -0.2) is 18.1 Å². The third-order valence-electron chi connectivity index (χ3n) is 5.71. The van der Waals surface area contributed by atoms with Crippen LogP contribution in [-0.2, 0) is 6.42 Å². The van der Waals surface area contributed by atoms with Crippen LogP contribution in [0.3, 0.4) is 0 Å². The van der Waals surface area contributed by atoms with Gasteiger partial charge < -0.3 is 10.1 Å². The summed E-state index contributed by atoms with van der Waals surface area (Å²) in [6.45, 7) is 0. The van der Waals surface area contributed by atoms with E-state index in [4.69, 9.17) is 4.74 Å². The number of fused-ring (bicyclic) bond motifs is 1. The van der Waals surface area contributed by atoms with Crippen molar-refractivity contribution in [3.05, 3.63) is 44.6 Å². The number of nitrogens with one attached hydrogen (secondary N) is 2. The summed E-state index contributed by atoms with van der Waals surface area (Å²) < 4.78 is 32.9. The molecule has 9 heteroatoms. The molecule has 0 unspecified atom stereocenters. The number of hydrogen-bond acceptors (Lipinski definition) is 5. The zero-order chi connectivity index (χ0) is 19.9. The van der Waals surface area contributed by atoms with Crippen LogP contribution in [-0.4, -0.2) is 33.6 Å². The fourth-order valence-electron chi connectivity index (χ4n) is 4.15. The smallest absolute Gasteiger partial charge is 0.335 e. The Hall–Kier alpha value is -2.71. The lowest BCUT2D eigenvalue weighted by Crippen LogP contribution is -2.43. The Morgan fingerprint density at radius 2 is 1.96 bits per heavy atom. The molecule has 7 nitrogen and oxygen atoms in total. The standard InChI is InChI=1S/C19H22F2N4O3/c1-28-15-4-2-3-14(23-15)25-17(26)12-5-6-13(22-16(12)24-18(25)27)11-7-9-19(20,21)10-8-11/h2-4,11,13,22H,5-10H2,1H3,(H,24,27)/t13-/m1/s1. The van der Waals surface area contributed by atoms with Crippen molar-refractivity contribution in [2.24, 2.45) is 5.92 Å². The number of H-pyrrole nitrogens is 1. The SMILES string of the molecule is COc1cccc(-n2c(=O)[nH]c3c(c2=O)CC[C@H](C2CCC(F)(F)CC2)N3)n1. The maximum absolute atomic E-state index is 13.4. The summed E-state index contributed by atoms with van der Waals surface area (Å²) in [5, 5.41) is 3.22. The van der Waals surface area contributed by atoms with E-state index in [2.05, 4.69) is 15.3 Å². The minimum atomic E-state index is -2.57. The normalized spacial score (nSPS) is 21.6. The molecule has 0 saturated heterocycles. The van der Waals surface area contributed by atoms with Crippen LogP contribution >= 0.6 is 0 Å². The molecular formula is C19H22F2N4O3. The van der Waals surface area contributed by atoms with Crippen molar-refractivity contribution in [2.45, 2.75) is 50.5 Å². The van der Waals surface area contributed by atoms with E-state index in [-0.39, 0.29) is 30.6 Å². The molecule has 0 aromatic carbocycles. The minimum absolute atomic E-state index is 0.0237. The van der Waals surface area contributed by atoms with Gasteiger partial charge in [0.15, 0.2) is 0 Å². The molecule has 1 aliphatic heterocycles. The molecule has 3 heterocycles. The summed E-state index contributed by atoms with van der Waals surface area (Å²) in [6, 6.07) is 4.82. The maximum atomic E-state index is 13.4. The zero-order valence-corrected chi connectivity index (χ0v) is 15.5. The third-order valence-corrected chi connectivity index (χ3v) is 5.71. The molecule has 0 spiro atoms. The van der Waals surface area contributed by atoms with Gasteiger partial charge in [-0.05, 0) is 37.7 Å². The number of halogens is 2. The number of anilines is 1. The molecule has 0 radical (unpaired) electrons. The van der Waals surface area contributed by atoms with Crippen LogP contribution in [0, 0.1) is 5.92 Å². The fraction of sp³-hybridized carbons (Fsp3) is 0.526. The molecule has 1 fully saturated rings. The summed E-state index contributed by atoms with van der Waals surface area (Å²) in [6.07, 6.45) is 1.80. The molecular weight excluding hydrogens is 370 g/mol. The van der Waals surface area contributed by atoms with Crippen molar-refractivity contribution in [1.82, 2.24) is 14.5 Å². The Balaban J connectivity index is 1.62. The quantitative estimate of drug-likeness (QED) is 0.838.